The molecule has 2 rings (SSSR count). The van der Waals surface area contributed by atoms with Crippen molar-refractivity contribution < 1.29 is 19.6 Å². The molecule has 1 aliphatic carbocycles. The van der Waals surface area contributed by atoms with E-state index in [0.717, 1.165) is 0 Å². The quantitative estimate of drug-likeness (QED) is 0.598. The molecule has 1 amide bonds. The first kappa shape index (κ1) is 14.0. The lowest BCUT2D eigenvalue weighted by Gasteiger charge is -2.11. The summed E-state index contributed by atoms with van der Waals surface area (Å²) in [6.45, 7) is 0.133. The molecule has 1 fully saturated rings. The number of carboxylic acid groups (broad SMARTS) is 1. The Balaban J connectivity index is 1.85. The molecule has 0 saturated heterocycles. The molecule has 1 saturated carbocycles. The number of rotatable bonds is 6. The highest BCUT2D eigenvalue weighted by molar-refractivity contribution is 5.82. The molecule has 1 aliphatic rings. The maximum absolute atomic E-state index is 11.7. The zero-order valence-corrected chi connectivity index (χ0v) is 10.7. The van der Waals surface area contributed by atoms with E-state index in [-0.39, 0.29) is 24.6 Å². The van der Waals surface area contributed by atoms with Crippen LogP contribution in [0, 0.1) is 15.5 Å². The molecule has 20 heavy (non-hydrogen) atoms. The van der Waals surface area contributed by atoms with Crippen LogP contribution in [0.3, 0.4) is 0 Å². The zero-order valence-electron chi connectivity index (χ0n) is 10.7. The van der Waals surface area contributed by atoms with Gasteiger partial charge in [0.25, 0.3) is 5.69 Å². The molecule has 2 N–H and O–H groups in total. The van der Waals surface area contributed by atoms with Gasteiger partial charge in [-0.2, -0.15) is 0 Å². The van der Waals surface area contributed by atoms with E-state index in [0.29, 0.717) is 18.4 Å². The fraction of sp³-hybridized carbons (Fsp3) is 0.385. The number of non-ortho nitro benzene ring substituents is 1. The average Bonchev–Trinajstić information content (AvgIpc) is 3.18. The summed E-state index contributed by atoms with van der Waals surface area (Å²) in [5.41, 5.74) is -0.171. The molecule has 106 valence electrons. The maximum atomic E-state index is 11.7. The van der Waals surface area contributed by atoms with Gasteiger partial charge >= 0.3 is 5.97 Å². The minimum Gasteiger partial charge on any atom is -0.481 e. The summed E-state index contributed by atoms with van der Waals surface area (Å²) in [7, 11) is 0. The van der Waals surface area contributed by atoms with Gasteiger partial charge in [0, 0.05) is 18.7 Å². The normalized spacial score (nSPS) is 15.4. The third-order valence-corrected chi connectivity index (χ3v) is 3.44. The van der Waals surface area contributed by atoms with Crippen LogP contribution in [0.5, 0.6) is 0 Å². The van der Waals surface area contributed by atoms with Crippen LogP contribution < -0.4 is 5.32 Å². The molecule has 0 aliphatic heterocycles. The first-order valence-corrected chi connectivity index (χ1v) is 6.16. The Kier molecular flexibility index (Phi) is 3.69. The number of hydrogen-bond acceptors (Lipinski definition) is 4. The topological polar surface area (TPSA) is 110 Å². The van der Waals surface area contributed by atoms with Gasteiger partial charge in [-0.05, 0) is 18.4 Å². The van der Waals surface area contributed by atoms with Gasteiger partial charge in [0.1, 0.15) is 0 Å². The van der Waals surface area contributed by atoms with Crippen LogP contribution in [-0.2, 0) is 16.0 Å². The monoisotopic (exact) mass is 278 g/mol. The van der Waals surface area contributed by atoms with Crippen LogP contribution in [0.4, 0.5) is 5.69 Å². The summed E-state index contributed by atoms with van der Waals surface area (Å²) in [6.07, 6.45) is 1.24. The summed E-state index contributed by atoms with van der Waals surface area (Å²) < 4.78 is 0. The lowest BCUT2D eigenvalue weighted by molar-refractivity contribution is -0.384. The number of amides is 1. The molecular weight excluding hydrogens is 264 g/mol. The molecule has 0 heterocycles. The van der Waals surface area contributed by atoms with Crippen molar-refractivity contribution in [2.75, 3.05) is 6.54 Å². The van der Waals surface area contributed by atoms with Gasteiger partial charge in [-0.3, -0.25) is 19.7 Å². The van der Waals surface area contributed by atoms with Crippen LogP contribution in [0.2, 0.25) is 0 Å². The molecule has 0 atom stereocenters. The van der Waals surface area contributed by atoms with Crippen molar-refractivity contribution in [1.29, 1.82) is 0 Å². The molecule has 0 radical (unpaired) electrons. The molecule has 1 aromatic rings. The van der Waals surface area contributed by atoms with Gasteiger partial charge in [-0.15, -0.1) is 0 Å². The van der Waals surface area contributed by atoms with Crippen molar-refractivity contribution in [2.45, 2.75) is 19.3 Å². The maximum Gasteiger partial charge on any atom is 0.311 e. The SMILES string of the molecule is O=C(Cc1ccc([N+](=O)[O-])cc1)NCC1(C(=O)O)CC1. The molecule has 7 heteroatoms. The molecule has 0 unspecified atom stereocenters. The van der Waals surface area contributed by atoms with E-state index >= 15 is 0 Å². The second kappa shape index (κ2) is 5.28. The number of aliphatic carboxylic acids is 1. The number of benzene rings is 1. The number of nitrogens with zero attached hydrogens (tertiary/aromatic N) is 1. The van der Waals surface area contributed by atoms with Gasteiger partial charge < -0.3 is 10.4 Å². The van der Waals surface area contributed by atoms with E-state index in [2.05, 4.69) is 5.32 Å². The summed E-state index contributed by atoms with van der Waals surface area (Å²) >= 11 is 0. The number of carbonyl (C=O) groups is 2. The third-order valence-electron chi connectivity index (χ3n) is 3.44. The number of carboxylic acids is 1. The van der Waals surface area contributed by atoms with Crippen molar-refractivity contribution >= 4 is 17.6 Å². The number of carbonyl (C=O) groups excluding carboxylic acids is 1. The molecular formula is C13H14N2O5. The lowest BCUT2D eigenvalue weighted by Crippen LogP contribution is -2.35. The smallest absolute Gasteiger partial charge is 0.311 e. The van der Waals surface area contributed by atoms with E-state index in [1.807, 2.05) is 0 Å². The molecule has 0 aromatic heterocycles. The highest BCUT2D eigenvalue weighted by Gasteiger charge is 2.50. The first-order chi connectivity index (χ1) is 9.43. The Labute approximate surface area is 114 Å². The van der Waals surface area contributed by atoms with Gasteiger partial charge in [0.05, 0.1) is 16.8 Å². The second-order valence-corrected chi connectivity index (χ2v) is 4.96. The predicted octanol–water partition coefficient (Wildman–Crippen LogP) is 1.12. The fourth-order valence-electron chi connectivity index (χ4n) is 1.87. The second-order valence-electron chi connectivity index (χ2n) is 4.96. The Morgan fingerprint density at radius 3 is 2.35 bits per heavy atom. The van der Waals surface area contributed by atoms with E-state index < -0.39 is 16.3 Å². The van der Waals surface area contributed by atoms with Crippen molar-refractivity contribution in [3.63, 3.8) is 0 Å². The third kappa shape index (κ3) is 3.11. The average molecular weight is 278 g/mol. The van der Waals surface area contributed by atoms with Gasteiger partial charge in [-0.25, -0.2) is 0 Å². The van der Waals surface area contributed by atoms with Crippen LogP contribution in [0.1, 0.15) is 18.4 Å². The Hall–Kier alpha value is -2.44. The lowest BCUT2D eigenvalue weighted by atomic mass is 10.1. The van der Waals surface area contributed by atoms with Crippen LogP contribution >= 0.6 is 0 Å². The fourth-order valence-corrected chi connectivity index (χ4v) is 1.87. The van der Waals surface area contributed by atoms with E-state index in [4.69, 9.17) is 5.11 Å². The largest absolute Gasteiger partial charge is 0.481 e. The van der Waals surface area contributed by atoms with Crippen molar-refractivity contribution in [2.24, 2.45) is 5.41 Å². The number of nitro groups is 1. The predicted molar refractivity (Wildman–Crippen MR) is 69.1 cm³/mol. The molecule has 1 aromatic carbocycles. The summed E-state index contributed by atoms with van der Waals surface area (Å²) in [6, 6.07) is 5.70. The van der Waals surface area contributed by atoms with Crippen LogP contribution in [-0.4, -0.2) is 28.5 Å². The minimum atomic E-state index is -0.881. The van der Waals surface area contributed by atoms with E-state index in [1.54, 1.807) is 0 Å². The highest BCUT2D eigenvalue weighted by atomic mass is 16.6. The Bertz CT molecular complexity index is 548. The van der Waals surface area contributed by atoms with Crippen molar-refractivity contribution in [3.8, 4) is 0 Å². The van der Waals surface area contributed by atoms with Gasteiger partial charge in [-0.1, -0.05) is 12.1 Å². The van der Waals surface area contributed by atoms with Crippen LogP contribution in [0.25, 0.3) is 0 Å². The molecule has 7 nitrogen and oxygen atoms in total. The Morgan fingerprint density at radius 1 is 1.30 bits per heavy atom. The van der Waals surface area contributed by atoms with Gasteiger partial charge in [0.15, 0.2) is 0 Å². The summed E-state index contributed by atoms with van der Waals surface area (Å²) in [5.74, 6) is -1.17. The number of hydrogen-bond donors (Lipinski definition) is 2. The van der Waals surface area contributed by atoms with Crippen molar-refractivity contribution in [1.82, 2.24) is 5.32 Å². The molecule has 0 spiro atoms. The Morgan fingerprint density at radius 2 is 1.90 bits per heavy atom. The zero-order chi connectivity index (χ0) is 14.8. The summed E-state index contributed by atoms with van der Waals surface area (Å²) in [5, 5.41) is 22.1. The number of nitro benzene ring substituents is 1. The minimum absolute atomic E-state index is 0.0306. The van der Waals surface area contributed by atoms with Crippen molar-refractivity contribution in [3.05, 3.63) is 39.9 Å². The number of nitrogens with one attached hydrogen (secondary N) is 1. The highest BCUT2D eigenvalue weighted by Crippen LogP contribution is 2.45. The standard InChI is InChI=1S/C13H14N2O5/c16-11(14-8-13(5-6-13)12(17)18)7-9-1-3-10(4-2-9)15(19)20/h1-4H,5-8H2,(H,14,16)(H,17,18). The van der Waals surface area contributed by atoms with Crippen LogP contribution in [0.15, 0.2) is 24.3 Å². The first-order valence-electron chi connectivity index (χ1n) is 6.16. The van der Waals surface area contributed by atoms with E-state index in [9.17, 15) is 19.7 Å². The van der Waals surface area contributed by atoms with Gasteiger partial charge in [0.2, 0.25) is 5.91 Å². The van der Waals surface area contributed by atoms with E-state index in [1.165, 1.54) is 24.3 Å². The molecule has 0 bridgehead atoms. The summed E-state index contributed by atoms with van der Waals surface area (Å²) in [4.78, 5) is 32.6.